The number of nitrogen functional groups attached to an aromatic ring is 1. The highest BCUT2D eigenvalue weighted by Crippen LogP contribution is 2.59. The van der Waals surface area contributed by atoms with Gasteiger partial charge in [0.1, 0.15) is 11.9 Å². The van der Waals surface area contributed by atoms with Crippen molar-refractivity contribution in [1.29, 1.82) is 5.26 Å². The lowest BCUT2D eigenvalue weighted by Gasteiger charge is -2.35. The minimum Gasteiger partial charge on any atom is -0.383 e. The van der Waals surface area contributed by atoms with E-state index in [0.29, 0.717) is 23.6 Å². The molecule has 7 heteroatoms. The molecule has 0 aromatic carbocycles. The Labute approximate surface area is 170 Å². The molecule has 0 bridgehead atoms. The molecule has 4 fully saturated rings. The molecule has 150 valence electrons. The molecule has 4 heterocycles. The zero-order chi connectivity index (χ0) is 19.5. The summed E-state index contributed by atoms with van der Waals surface area (Å²) in [6.07, 6.45) is 6.74. The maximum Gasteiger partial charge on any atom is 0.141 e. The van der Waals surface area contributed by atoms with Crippen molar-refractivity contribution < 1.29 is 4.74 Å². The Bertz CT molecular complexity index is 972. The third kappa shape index (κ3) is 2.77. The molecule has 4 aliphatic rings. The molecule has 2 aromatic heterocycles. The van der Waals surface area contributed by atoms with Crippen LogP contribution in [0.15, 0.2) is 18.3 Å². The Morgan fingerprint density at radius 3 is 2.52 bits per heavy atom. The van der Waals surface area contributed by atoms with Crippen molar-refractivity contribution >= 4 is 5.82 Å². The van der Waals surface area contributed by atoms with E-state index in [9.17, 15) is 5.26 Å². The van der Waals surface area contributed by atoms with Crippen LogP contribution in [0, 0.1) is 23.2 Å². The van der Waals surface area contributed by atoms with E-state index in [2.05, 4.69) is 26.7 Å². The normalized spacial score (nSPS) is 29.6. The van der Waals surface area contributed by atoms with E-state index in [1.54, 1.807) is 6.20 Å². The van der Waals surface area contributed by atoms with Crippen LogP contribution in [-0.4, -0.2) is 52.0 Å². The van der Waals surface area contributed by atoms with Crippen molar-refractivity contribution in [3.8, 4) is 17.3 Å². The first kappa shape index (κ1) is 17.4. The van der Waals surface area contributed by atoms with Gasteiger partial charge in [0, 0.05) is 36.5 Å². The van der Waals surface area contributed by atoms with Gasteiger partial charge in [-0.2, -0.15) is 10.4 Å². The third-order valence-electron chi connectivity index (χ3n) is 7.47. The van der Waals surface area contributed by atoms with Crippen molar-refractivity contribution in [2.45, 2.75) is 43.7 Å². The van der Waals surface area contributed by atoms with Crippen molar-refractivity contribution in [3.63, 3.8) is 0 Å². The first-order valence-electron chi connectivity index (χ1n) is 10.8. The molecule has 7 nitrogen and oxygen atoms in total. The van der Waals surface area contributed by atoms with Crippen molar-refractivity contribution in [1.82, 2.24) is 19.7 Å². The van der Waals surface area contributed by atoms with Gasteiger partial charge < -0.3 is 10.5 Å². The summed E-state index contributed by atoms with van der Waals surface area (Å²) < 4.78 is 7.71. The zero-order valence-corrected chi connectivity index (χ0v) is 16.5. The molecule has 0 amide bonds. The van der Waals surface area contributed by atoms with Crippen molar-refractivity contribution in [2.75, 3.05) is 32.0 Å². The minimum absolute atomic E-state index is 0.281. The van der Waals surface area contributed by atoms with Gasteiger partial charge in [-0.15, -0.1) is 0 Å². The van der Waals surface area contributed by atoms with Gasteiger partial charge in [0.15, 0.2) is 0 Å². The molecular weight excluding hydrogens is 364 g/mol. The molecule has 2 unspecified atom stereocenters. The number of aromatic nitrogens is 3. The van der Waals surface area contributed by atoms with E-state index >= 15 is 0 Å². The summed E-state index contributed by atoms with van der Waals surface area (Å²) in [6, 6.07) is 7.36. The number of nitrogens with two attached hydrogens (primary N) is 1. The van der Waals surface area contributed by atoms with E-state index in [1.165, 1.54) is 44.5 Å². The van der Waals surface area contributed by atoms with Crippen molar-refractivity contribution in [3.05, 3.63) is 29.6 Å². The third-order valence-corrected chi connectivity index (χ3v) is 7.47. The Balaban J connectivity index is 1.31. The first-order chi connectivity index (χ1) is 14.2. The fourth-order valence-electron chi connectivity index (χ4n) is 5.68. The number of piperidine rings is 1. The molecule has 2 saturated heterocycles. The van der Waals surface area contributed by atoms with E-state index in [4.69, 9.17) is 15.6 Å². The second-order valence-electron chi connectivity index (χ2n) is 9.10. The Morgan fingerprint density at radius 2 is 1.86 bits per heavy atom. The second kappa shape index (κ2) is 6.54. The van der Waals surface area contributed by atoms with Gasteiger partial charge in [-0.25, -0.2) is 4.98 Å². The highest BCUT2D eigenvalue weighted by molar-refractivity contribution is 5.64. The number of rotatable bonds is 4. The average molecular weight is 390 g/mol. The van der Waals surface area contributed by atoms with Crippen LogP contribution in [0.2, 0.25) is 0 Å². The molecule has 0 radical (unpaired) electrons. The standard InChI is InChI=1S/C22H26N6O/c23-7-13-5-14(8-25-22(13)24)19-6-20(28(26-19)15-3-1-2-4-15)21-17-9-27(10-18(17)21)16-11-29-12-16/h5-6,8,15-18,21H,1-4,9-12H2,(H2,24,25). The lowest BCUT2D eigenvalue weighted by Crippen LogP contribution is -2.48. The van der Waals surface area contributed by atoms with Gasteiger partial charge in [-0.1, -0.05) is 12.8 Å². The van der Waals surface area contributed by atoms with Crippen LogP contribution in [-0.2, 0) is 4.74 Å². The first-order valence-corrected chi connectivity index (χ1v) is 10.8. The highest BCUT2D eigenvalue weighted by Gasteiger charge is 2.59. The number of hydrogen-bond donors (Lipinski definition) is 1. The fourth-order valence-corrected chi connectivity index (χ4v) is 5.68. The van der Waals surface area contributed by atoms with Gasteiger partial charge in [0.25, 0.3) is 0 Å². The number of hydrogen-bond acceptors (Lipinski definition) is 6. The number of ether oxygens (including phenoxy) is 1. The van der Waals surface area contributed by atoms with Crippen LogP contribution >= 0.6 is 0 Å². The Hall–Kier alpha value is -2.43. The summed E-state index contributed by atoms with van der Waals surface area (Å²) in [7, 11) is 0. The number of fused-ring (bicyclic) bond motifs is 1. The summed E-state index contributed by atoms with van der Waals surface area (Å²) in [5.74, 6) is 2.40. The largest absolute Gasteiger partial charge is 0.383 e. The maximum atomic E-state index is 9.31. The van der Waals surface area contributed by atoms with Crippen LogP contribution in [0.1, 0.15) is 48.9 Å². The van der Waals surface area contributed by atoms with Gasteiger partial charge >= 0.3 is 0 Å². The maximum absolute atomic E-state index is 9.31. The van der Waals surface area contributed by atoms with Gasteiger partial charge in [-0.05, 0) is 36.8 Å². The molecule has 6 rings (SSSR count). The van der Waals surface area contributed by atoms with E-state index in [0.717, 1.165) is 36.3 Å². The van der Waals surface area contributed by atoms with Gasteiger partial charge in [0.05, 0.1) is 36.6 Å². The molecule has 29 heavy (non-hydrogen) atoms. The second-order valence-corrected chi connectivity index (χ2v) is 9.10. The smallest absolute Gasteiger partial charge is 0.141 e. The lowest BCUT2D eigenvalue weighted by atomic mass is 10.1. The highest BCUT2D eigenvalue weighted by atomic mass is 16.5. The van der Waals surface area contributed by atoms with E-state index < -0.39 is 0 Å². The van der Waals surface area contributed by atoms with Crippen LogP contribution in [0.25, 0.3) is 11.3 Å². The van der Waals surface area contributed by atoms with Gasteiger partial charge in [0.2, 0.25) is 0 Å². The predicted octanol–water partition coefficient (Wildman–Crippen LogP) is 2.56. The monoisotopic (exact) mass is 390 g/mol. The van der Waals surface area contributed by atoms with Crippen molar-refractivity contribution in [2.24, 2.45) is 11.8 Å². The minimum atomic E-state index is 0.281. The molecule has 0 spiro atoms. The SMILES string of the molecule is N#Cc1cc(-c2cc(C3C4CN(C5COC5)CC43)n(C3CCCC3)n2)cnc1N. The topological polar surface area (TPSA) is 93.0 Å². The predicted molar refractivity (Wildman–Crippen MR) is 108 cm³/mol. The fraction of sp³-hybridized carbons (Fsp3) is 0.591. The number of nitriles is 1. The molecule has 2 aromatic rings. The zero-order valence-electron chi connectivity index (χ0n) is 16.5. The summed E-state index contributed by atoms with van der Waals surface area (Å²) in [5, 5.41) is 14.3. The average Bonchev–Trinajstić information content (AvgIpc) is 3.19. The summed E-state index contributed by atoms with van der Waals surface area (Å²) in [5.41, 5.74) is 9.43. The van der Waals surface area contributed by atoms with Crippen LogP contribution in [0.5, 0.6) is 0 Å². The summed E-state index contributed by atoms with van der Waals surface area (Å²) in [6.45, 7) is 4.19. The quantitative estimate of drug-likeness (QED) is 0.862. The van der Waals surface area contributed by atoms with E-state index in [-0.39, 0.29) is 5.82 Å². The number of likely N-dealkylation sites (tertiary alicyclic amines) is 1. The Kier molecular flexibility index (Phi) is 3.93. The molecule has 2 N–H and O–H groups in total. The van der Waals surface area contributed by atoms with Crippen LogP contribution in [0.4, 0.5) is 5.82 Å². The molecular formula is C22H26N6O. The molecule has 2 aliphatic carbocycles. The van der Waals surface area contributed by atoms with Crippen LogP contribution < -0.4 is 5.73 Å². The van der Waals surface area contributed by atoms with Crippen LogP contribution in [0.3, 0.4) is 0 Å². The summed E-state index contributed by atoms with van der Waals surface area (Å²) >= 11 is 0. The molecule has 2 atom stereocenters. The number of pyridine rings is 1. The lowest BCUT2D eigenvalue weighted by molar-refractivity contribution is -0.0610. The Morgan fingerprint density at radius 1 is 1.10 bits per heavy atom. The molecule has 2 saturated carbocycles. The molecule has 2 aliphatic heterocycles. The van der Waals surface area contributed by atoms with Gasteiger partial charge in [-0.3, -0.25) is 9.58 Å². The number of nitrogens with zero attached hydrogens (tertiary/aromatic N) is 5. The van der Waals surface area contributed by atoms with E-state index in [1.807, 2.05) is 6.07 Å². The summed E-state index contributed by atoms with van der Waals surface area (Å²) in [4.78, 5) is 6.83. The number of anilines is 1.